The van der Waals surface area contributed by atoms with Crippen LogP contribution in [0.5, 0.6) is 0 Å². The number of nitrogens with two attached hydrogens (primary N) is 1. The van der Waals surface area contributed by atoms with Crippen molar-refractivity contribution in [2.75, 3.05) is 11.1 Å². The van der Waals surface area contributed by atoms with E-state index in [4.69, 9.17) is 5.73 Å². The highest BCUT2D eigenvalue weighted by Gasteiger charge is 2.07. The van der Waals surface area contributed by atoms with Gasteiger partial charge in [-0.15, -0.1) is 0 Å². The highest BCUT2D eigenvalue weighted by Crippen LogP contribution is 2.26. The molecule has 130 valence electrons. The van der Waals surface area contributed by atoms with Gasteiger partial charge in [-0.05, 0) is 49.2 Å². The minimum atomic E-state index is 0.665. The Morgan fingerprint density at radius 1 is 1.08 bits per heavy atom. The molecule has 0 aliphatic carbocycles. The van der Waals surface area contributed by atoms with Crippen LogP contribution in [-0.2, 0) is 0 Å². The van der Waals surface area contributed by atoms with Crippen molar-refractivity contribution in [2.24, 2.45) is 0 Å². The molecule has 3 heteroatoms. The summed E-state index contributed by atoms with van der Waals surface area (Å²) in [4.78, 5) is 4.36. The lowest BCUT2D eigenvalue weighted by atomic mass is 9.99. The smallest absolute Gasteiger partial charge is 0.0703 e. The van der Waals surface area contributed by atoms with E-state index in [1.54, 1.807) is 6.20 Å². The molecule has 3 aromatic rings. The van der Waals surface area contributed by atoms with Crippen molar-refractivity contribution in [3.05, 3.63) is 90.1 Å². The molecule has 2 aromatic carbocycles. The van der Waals surface area contributed by atoms with Gasteiger partial charge in [0.2, 0.25) is 0 Å². The molecule has 0 spiro atoms. The maximum atomic E-state index is 5.70. The molecule has 0 saturated carbocycles. The summed E-state index contributed by atoms with van der Waals surface area (Å²) in [5.74, 6) is 0. The molecule has 0 amide bonds. The molecule has 0 aliphatic rings. The normalized spacial score (nSPS) is 10.8. The van der Waals surface area contributed by atoms with E-state index in [0.29, 0.717) is 5.69 Å². The number of hydrogen-bond donors (Lipinski definition) is 2. The highest BCUT2D eigenvalue weighted by molar-refractivity contribution is 5.81. The Bertz CT molecular complexity index is 936. The highest BCUT2D eigenvalue weighted by atomic mass is 14.9. The molecule has 0 aliphatic heterocycles. The fourth-order valence-corrected chi connectivity index (χ4v) is 2.87. The van der Waals surface area contributed by atoms with E-state index in [0.717, 1.165) is 28.2 Å². The number of nitrogen functional groups attached to an aromatic ring is 1. The first-order valence-corrected chi connectivity index (χ1v) is 8.59. The minimum absolute atomic E-state index is 0.665. The summed E-state index contributed by atoms with van der Waals surface area (Å²) >= 11 is 0. The topological polar surface area (TPSA) is 50.9 Å². The summed E-state index contributed by atoms with van der Waals surface area (Å²) in [6.07, 6.45) is 5.84. The second-order valence-electron chi connectivity index (χ2n) is 6.19. The largest absolute Gasteiger partial charge is 0.397 e. The van der Waals surface area contributed by atoms with Gasteiger partial charge in [0.25, 0.3) is 0 Å². The first-order chi connectivity index (χ1) is 12.6. The van der Waals surface area contributed by atoms with Gasteiger partial charge >= 0.3 is 0 Å². The van der Waals surface area contributed by atoms with Crippen LogP contribution in [0, 0.1) is 6.92 Å². The van der Waals surface area contributed by atoms with Crippen molar-refractivity contribution in [3.8, 4) is 11.3 Å². The van der Waals surface area contributed by atoms with Crippen molar-refractivity contribution in [1.82, 2.24) is 4.98 Å². The predicted molar refractivity (Wildman–Crippen MR) is 113 cm³/mol. The molecule has 3 nitrogen and oxygen atoms in total. The van der Waals surface area contributed by atoms with Gasteiger partial charge in [0, 0.05) is 22.5 Å². The molecule has 26 heavy (non-hydrogen) atoms. The molecule has 3 rings (SSSR count). The maximum absolute atomic E-state index is 5.70. The lowest BCUT2D eigenvalue weighted by Crippen LogP contribution is -2.00. The summed E-state index contributed by atoms with van der Waals surface area (Å²) in [6.45, 7) is 8.36. The number of nitrogens with zero attached hydrogens (tertiary/aromatic N) is 1. The Labute approximate surface area is 154 Å². The van der Waals surface area contributed by atoms with Crippen molar-refractivity contribution in [2.45, 2.75) is 13.8 Å². The Morgan fingerprint density at radius 3 is 2.50 bits per heavy atom. The fraction of sp³-hybridized carbons (Fsp3) is 0.0870. The molecule has 3 N–H and O–H groups in total. The molecular formula is C23H23N3. The maximum Gasteiger partial charge on any atom is 0.0703 e. The summed E-state index contributed by atoms with van der Waals surface area (Å²) in [5, 5.41) is 3.40. The average molecular weight is 341 g/mol. The SMILES string of the molecule is C=C(Nc1ccc(-c2ccc(N)cn2)cc1)c1cccc(C)c1/C=C\C. The van der Waals surface area contributed by atoms with E-state index >= 15 is 0 Å². The Morgan fingerprint density at radius 2 is 1.85 bits per heavy atom. The van der Waals surface area contributed by atoms with Crippen LogP contribution in [-0.4, -0.2) is 4.98 Å². The zero-order chi connectivity index (χ0) is 18.5. The standard InChI is InChI=1S/C23H23N3/c1-4-6-21-16(2)7-5-8-22(21)17(3)26-20-12-9-18(10-13-20)23-14-11-19(24)15-25-23/h4-15,26H,3,24H2,1-2H3/b6-4-. The third kappa shape index (κ3) is 3.83. The van der Waals surface area contributed by atoms with Crippen molar-refractivity contribution in [1.29, 1.82) is 0 Å². The third-order valence-corrected chi connectivity index (χ3v) is 4.24. The van der Waals surface area contributed by atoms with Crippen LogP contribution < -0.4 is 11.1 Å². The predicted octanol–water partition coefficient (Wildman–Crippen LogP) is 5.76. The number of anilines is 2. The van der Waals surface area contributed by atoms with E-state index in [1.165, 1.54) is 11.1 Å². The summed E-state index contributed by atoms with van der Waals surface area (Å²) in [6, 6.07) is 18.2. The van der Waals surface area contributed by atoms with Crippen molar-refractivity contribution < 1.29 is 0 Å². The molecule has 0 fully saturated rings. The monoisotopic (exact) mass is 341 g/mol. The Kier molecular flexibility index (Phi) is 5.18. The van der Waals surface area contributed by atoms with Crippen molar-refractivity contribution >= 4 is 23.1 Å². The number of hydrogen-bond acceptors (Lipinski definition) is 3. The second kappa shape index (κ2) is 7.70. The number of benzene rings is 2. The minimum Gasteiger partial charge on any atom is -0.397 e. The zero-order valence-electron chi connectivity index (χ0n) is 15.2. The molecule has 0 radical (unpaired) electrons. The third-order valence-electron chi connectivity index (χ3n) is 4.24. The van der Waals surface area contributed by atoms with E-state index in [2.05, 4.69) is 48.1 Å². The van der Waals surface area contributed by atoms with Crippen LogP contribution in [0.25, 0.3) is 23.0 Å². The van der Waals surface area contributed by atoms with Crippen LogP contribution >= 0.6 is 0 Å². The summed E-state index contributed by atoms with van der Waals surface area (Å²) in [7, 11) is 0. The quantitative estimate of drug-likeness (QED) is 0.621. The van der Waals surface area contributed by atoms with Gasteiger partial charge in [0.15, 0.2) is 0 Å². The molecular weight excluding hydrogens is 318 g/mol. The van der Waals surface area contributed by atoms with E-state index in [9.17, 15) is 0 Å². The van der Waals surface area contributed by atoms with E-state index < -0.39 is 0 Å². The van der Waals surface area contributed by atoms with Gasteiger partial charge < -0.3 is 11.1 Å². The first kappa shape index (κ1) is 17.5. The summed E-state index contributed by atoms with van der Waals surface area (Å²) < 4.78 is 0. The molecule has 0 bridgehead atoms. The number of aryl methyl sites for hydroxylation is 1. The number of nitrogens with one attached hydrogen (secondary N) is 1. The average Bonchev–Trinajstić information content (AvgIpc) is 2.65. The number of rotatable bonds is 5. The number of pyridine rings is 1. The van der Waals surface area contributed by atoms with Gasteiger partial charge in [-0.1, -0.05) is 49.1 Å². The molecule has 0 unspecified atom stereocenters. The van der Waals surface area contributed by atoms with Gasteiger partial charge in [-0.2, -0.15) is 0 Å². The zero-order valence-corrected chi connectivity index (χ0v) is 15.2. The molecule has 1 aromatic heterocycles. The first-order valence-electron chi connectivity index (χ1n) is 8.59. The van der Waals surface area contributed by atoms with Gasteiger partial charge in [-0.3, -0.25) is 4.98 Å². The van der Waals surface area contributed by atoms with Gasteiger partial charge in [0.1, 0.15) is 0 Å². The molecule has 1 heterocycles. The van der Waals surface area contributed by atoms with Crippen LogP contribution in [0.4, 0.5) is 11.4 Å². The Hall–Kier alpha value is -3.33. The van der Waals surface area contributed by atoms with Gasteiger partial charge in [0.05, 0.1) is 17.6 Å². The second-order valence-corrected chi connectivity index (χ2v) is 6.19. The lowest BCUT2D eigenvalue weighted by Gasteiger charge is -2.14. The number of allylic oxidation sites excluding steroid dienone is 1. The van der Waals surface area contributed by atoms with E-state index in [-0.39, 0.29) is 0 Å². The Balaban J connectivity index is 1.80. The summed E-state index contributed by atoms with van der Waals surface area (Å²) in [5.41, 5.74) is 13.7. The number of aromatic nitrogens is 1. The van der Waals surface area contributed by atoms with E-state index in [1.807, 2.05) is 49.4 Å². The fourth-order valence-electron chi connectivity index (χ4n) is 2.87. The van der Waals surface area contributed by atoms with Gasteiger partial charge in [-0.25, -0.2) is 0 Å². The van der Waals surface area contributed by atoms with Crippen molar-refractivity contribution in [3.63, 3.8) is 0 Å². The van der Waals surface area contributed by atoms with Crippen LogP contribution in [0.15, 0.2) is 73.4 Å². The van der Waals surface area contributed by atoms with Crippen LogP contribution in [0.3, 0.4) is 0 Å². The van der Waals surface area contributed by atoms with Crippen LogP contribution in [0.2, 0.25) is 0 Å². The molecule has 0 saturated heterocycles. The lowest BCUT2D eigenvalue weighted by molar-refractivity contribution is 1.33. The molecule has 0 atom stereocenters. The van der Waals surface area contributed by atoms with Crippen LogP contribution in [0.1, 0.15) is 23.6 Å².